The average Bonchev–Trinajstić information content (AvgIpc) is 3.04. The van der Waals surface area contributed by atoms with Crippen molar-refractivity contribution in [2.45, 2.75) is 40.5 Å². The maximum Gasteiger partial charge on any atom is 4.00 e. The SMILES string of the molecule is CC1=CC(C)C(C)=C1C.CC1C=Cc2ccc3ccccc3c21.[CH3-].[CH3-].[CH3-].[CH3-].[Ti+4]. The molecule has 0 bridgehead atoms. The van der Waals surface area contributed by atoms with Gasteiger partial charge in [-0.3, -0.25) is 0 Å². The second-order valence-corrected chi connectivity index (χ2v) is 6.88. The fourth-order valence-corrected chi connectivity index (χ4v) is 3.59. The summed E-state index contributed by atoms with van der Waals surface area (Å²) in [5.74, 6) is 1.25. The zero-order valence-corrected chi connectivity index (χ0v) is 20.9. The molecule has 2 atom stereocenters. The van der Waals surface area contributed by atoms with Crippen LogP contribution in [0, 0.1) is 35.6 Å². The van der Waals surface area contributed by atoms with Crippen LogP contribution in [0.25, 0.3) is 16.8 Å². The molecule has 4 rings (SSSR count). The molecule has 0 aromatic heterocycles. The van der Waals surface area contributed by atoms with E-state index in [0.717, 1.165) is 0 Å². The molecular weight excluding hydrogens is 372 g/mol. The predicted molar refractivity (Wildman–Crippen MR) is 128 cm³/mol. The minimum Gasteiger partial charge on any atom is -0.358 e. The maximum absolute atomic E-state index is 2.32. The molecule has 0 amide bonds. The van der Waals surface area contributed by atoms with Gasteiger partial charge in [-0.1, -0.05) is 79.6 Å². The Morgan fingerprint density at radius 2 is 1.36 bits per heavy atom. The van der Waals surface area contributed by atoms with E-state index >= 15 is 0 Å². The Morgan fingerprint density at radius 1 is 0.750 bits per heavy atom. The number of hydrogen-bond acceptors (Lipinski definition) is 0. The Bertz CT molecular complexity index is 836. The second kappa shape index (κ2) is 13.0. The van der Waals surface area contributed by atoms with Gasteiger partial charge in [0.05, 0.1) is 0 Å². The summed E-state index contributed by atoms with van der Waals surface area (Å²) in [5, 5.41) is 2.75. The van der Waals surface area contributed by atoms with Crippen LogP contribution < -0.4 is 0 Å². The third-order valence-electron chi connectivity index (χ3n) is 5.39. The minimum absolute atomic E-state index is 0. The quantitative estimate of drug-likeness (QED) is 0.301. The van der Waals surface area contributed by atoms with Crippen molar-refractivity contribution in [1.82, 2.24) is 0 Å². The van der Waals surface area contributed by atoms with Crippen molar-refractivity contribution in [3.63, 3.8) is 0 Å². The van der Waals surface area contributed by atoms with Crippen LogP contribution in [0.5, 0.6) is 0 Å². The number of benzene rings is 2. The van der Waals surface area contributed by atoms with E-state index < -0.39 is 0 Å². The molecule has 0 aliphatic heterocycles. The fourth-order valence-electron chi connectivity index (χ4n) is 3.59. The largest absolute Gasteiger partial charge is 4.00 e. The summed E-state index contributed by atoms with van der Waals surface area (Å²) in [7, 11) is 0. The Labute approximate surface area is 190 Å². The van der Waals surface area contributed by atoms with E-state index in [1.54, 1.807) is 0 Å². The molecule has 0 saturated carbocycles. The molecule has 150 valence electrons. The standard InChI is InChI=1S/C14H12.C9H14.4CH3.Ti/c1-10-6-7-12-9-8-11-4-2-3-5-13(11)14(10)12;1-6-5-7(2)9(4)8(6)3;;;;;/h2-10H,1H3;5-6H,1-4H3;4*1H3;/q;;4*-1;+4. The van der Waals surface area contributed by atoms with Crippen molar-refractivity contribution in [3.8, 4) is 0 Å². The van der Waals surface area contributed by atoms with E-state index in [1.165, 1.54) is 38.6 Å². The van der Waals surface area contributed by atoms with E-state index in [9.17, 15) is 0 Å². The van der Waals surface area contributed by atoms with Gasteiger partial charge in [0.25, 0.3) is 0 Å². The third kappa shape index (κ3) is 6.06. The van der Waals surface area contributed by atoms with Crippen LogP contribution in [-0.4, -0.2) is 0 Å². The van der Waals surface area contributed by atoms with Gasteiger partial charge in [0.1, 0.15) is 0 Å². The summed E-state index contributed by atoms with van der Waals surface area (Å²) >= 11 is 0. The summed E-state index contributed by atoms with van der Waals surface area (Å²) in [6.07, 6.45) is 6.83. The Hall–Kier alpha value is -1.37. The first-order valence-corrected chi connectivity index (χ1v) is 8.55. The molecule has 0 saturated heterocycles. The summed E-state index contributed by atoms with van der Waals surface area (Å²) in [6, 6.07) is 13.0. The van der Waals surface area contributed by atoms with Gasteiger partial charge in [-0.15, -0.1) is 0 Å². The van der Waals surface area contributed by atoms with Gasteiger partial charge in [-0.05, 0) is 54.2 Å². The predicted octanol–water partition coefficient (Wildman–Crippen LogP) is 8.69. The molecule has 0 heterocycles. The Morgan fingerprint density at radius 3 is 1.86 bits per heavy atom. The van der Waals surface area contributed by atoms with Gasteiger partial charge in [0, 0.05) is 5.92 Å². The van der Waals surface area contributed by atoms with Crippen LogP contribution in [0.15, 0.2) is 65.3 Å². The molecule has 2 aliphatic carbocycles. The van der Waals surface area contributed by atoms with Gasteiger partial charge in [0.2, 0.25) is 0 Å². The fraction of sp³-hybridized carbons (Fsp3) is 0.259. The van der Waals surface area contributed by atoms with Crippen molar-refractivity contribution < 1.29 is 21.7 Å². The van der Waals surface area contributed by atoms with E-state index in [4.69, 9.17) is 0 Å². The van der Waals surface area contributed by atoms with E-state index in [0.29, 0.717) is 11.8 Å². The van der Waals surface area contributed by atoms with Crippen LogP contribution >= 0.6 is 0 Å². The molecule has 0 fully saturated rings. The summed E-state index contributed by atoms with van der Waals surface area (Å²) < 4.78 is 0. The Kier molecular flexibility index (Phi) is 14.5. The molecular formula is C27H38Ti. The van der Waals surface area contributed by atoms with Gasteiger partial charge in [-0.2, -0.15) is 0 Å². The molecule has 0 N–H and O–H groups in total. The van der Waals surface area contributed by atoms with Gasteiger partial charge in [-0.25, -0.2) is 0 Å². The van der Waals surface area contributed by atoms with E-state index in [-0.39, 0.29) is 51.4 Å². The van der Waals surface area contributed by atoms with Crippen molar-refractivity contribution in [2.24, 2.45) is 5.92 Å². The zero-order chi connectivity index (χ0) is 16.6. The summed E-state index contributed by atoms with van der Waals surface area (Å²) in [6.45, 7) is 11.1. The molecule has 0 spiro atoms. The molecule has 0 nitrogen and oxygen atoms in total. The van der Waals surface area contributed by atoms with E-state index in [1.807, 2.05) is 0 Å². The number of hydrogen-bond donors (Lipinski definition) is 0. The average molecular weight is 410 g/mol. The molecule has 2 aromatic carbocycles. The molecule has 0 radical (unpaired) electrons. The minimum atomic E-state index is 0. The summed E-state index contributed by atoms with van der Waals surface area (Å²) in [5.41, 5.74) is 7.36. The molecule has 28 heavy (non-hydrogen) atoms. The van der Waals surface area contributed by atoms with Gasteiger partial charge < -0.3 is 29.7 Å². The first-order valence-electron chi connectivity index (χ1n) is 8.55. The number of rotatable bonds is 0. The zero-order valence-electron chi connectivity index (χ0n) is 19.4. The van der Waals surface area contributed by atoms with Crippen LogP contribution in [0.3, 0.4) is 0 Å². The first kappa shape index (κ1) is 31.3. The van der Waals surface area contributed by atoms with Crippen molar-refractivity contribution >= 4 is 16.8 Å². The number of fused-ring (bicyclic) bond motifs is 3. The van der Waals surface area contributed by atoms with Gasteiger partial charge >= 0.3 is 21.7 Å². The van der Waals surface area contributed by atoms with Crippen molar-refractivity contribution in [2.75, 3.05) is 0 Å². The van der Waals surface area contributed by atoms with Crippen molar-refractivity contribution in [3.05, 3.63) is 106 Å². The van der Waals surface area contributed by atoms with Crippen LogP contribution in [0.1, 0.15) is 51.7 Å². The third-order valence-corrected chi connectivity index (χ3v) is 5.39. The number of allylic oxidation sites excluding steroid dienone is 5. The topological polar surface area (TPSA) is 0 Å². The van der Waals surface area contributed by atoms with Crippen LogP contribution in [0.2, 0.25) is 0 Å². The normalized spacial score (nSPS) is 18.1. The monoisotopic (exact) mass is 410 g/mol. The molecule has 2 unspecified atom stereocenters. The summed E-state index contributed by atoms with van der Waals surface area (Å²) in [4.78, 5) is 0. The first-order chi connectivity index (χ1) is 11.0. The van der Waals surface area contributed by atoms with Crippen LogP contribution in [0.4, 0.5) is 0 Å². The molecule has 2 aromatic rings. The van der Waals surface area contributed by atoms with Gasteiger partial charge in [0.15, 0.2) is 0 Å². The second-order valence-electron chi connectivity index (χ2n) is 6.88. The molecule has 2 aliphatic rings. The smallest absolute Gasteiger partial charge is 0.358 e. The molecule has 1 heteroatoms. The maximum atomic E-state index is 2.32. The van der Waals surface area contributed by atoms with E-state index in [2.05, 4.69) is 89.2 Å². The van der Waals surface area contributed by atoms with Crippen molar-refractivity contribution in [1.29, 1.82) is 0 Å². The Balaban J connectivity index is -0.000000404. The van der Waals surface area contributed by atoms with Crippen LogP contribution in [-0.2, 0) is 21.7 Å².